The molecule has 0 unspecified atom stereocenters. The average molecular weight is 195 g/mol. The highest BCUT2D eigenvalue weighted by molar-refractivity contribution is 5.69. The number of rotatable bonds is 4. The fourth-order valence-electron chi connectivity index (χ4n) is 1.37. The molecule has 0 bridgehead atoms. The lowest BCUT2D eigenvalue weighted by Gasteiger charge is -2.01. The third kappa shape index (κ3) is 2.62. The van der Waals surface area contributed by atoms with Gasteiger partial charge in [-0.05, 0) is 38.3 Å². The zero-order valence-electron chi connectivity index (χ0n) is 9.02. The summed E-state index contributed by atoms with van der Waals surface area (Å²) in [5.41, 5.74) is 3.62. The number of aromatic amines is 1. The standard InChI is InChI=1S/C11H17NO2/c1-4-14-11(13)6-5-10-9(3)8(2)7-12-10/h7,12H,4-6H2,1-3H3. The molecular formula is C11H17NO2. The van der Waals surface area contributed by atoms with Crippen LogP contribution in [0, 0.1) is 13.8 Å². The van der Waals surface area contributed by atoms with Crippen molar-refractivity contribution in [2.24, 2.45) is 0 Å². The summed E-state index contributed by atoms with van der Waals surface area (Å²) in [6.07, 6.45) is 3.16. The van der Waals surface area contributed by atoms with Crippen LogP contribution < -0.4 is 0 Å². The fraction of sp³-hybridized carbons (Fsp3) is 0.545. The first kappa shape index (κ1) is 10.8. The zero-order chi connectivity index (χ0) is 10.6. The zero-order valence-corrected chi connectivity index (χ0v) is 9.02. The Morgan fingerprint density at radius 1 is 1.50 bits per heavy atom. The smallest absolute Gasteiger partial charge is 0.306 e. The molecule has 0 fully saturated rings. The monoisotopic (exact) mass is 195 g/mol. The van der Waals surface area contributed by atoms with E-state index in [0.717, 1.165) is 12.1 Å². The normalized spacial score (nSPS) is 10.2. The molecule has 0 aromatic carbocycles. The van der Waals surface area contributed by atoms with Gasteiger partial charge < -0.3 is 9.72 Å². The summed E-state index contributed by atoms with van der Waals surface area (Å²) < 4.78 is 4.86. The van der Waals surface area contributed by atoms with Crippen LogP contribution in [0.15, 0.2) is 6.20 Å². The van der Waals surface area contributed by atoms with Crippen molar-refractivity contribution in [2.75, 3.05) is 6.61 Å². The predicted molar refractivity (Wildman–Crippen MR) is 55.2 cm³/mol. The first-order chi connectivity index (χ1) is 6.65. The molecule has 3 heteroatoms. The number of esters is 1. The molecule has 1 rings (SSSR count). The Morgan fingerprint density at radius 3 is 2.71 bits per heavy atom. The van der Waals surface area contributed by atoms with Crippen LogP contribution >= 0.6 is 0 Å². The van der Waals surface area contributed by atoms with Crippen LogP contribution in [0.2, 0.25) is 0 Å². The Labute approximate surface area is 84.5 Å². The van der Waals surface area contributed by atoms with Crippen LogP contribution in [0.5, 0.6) is 0 Å². The Balaban J connectivity index is 2.46. The third-order valence-corrected chi connectivity index (χ3v) is 2.39. The largest absolute Gasteiger partial charge is 0.466 e. The SMILES string of the molecule is CCOC(=O)CCc1[nH]cc(C)c1C. The highest BCUT2D eigenvalue weighted by Gasteiger charge is 2.06. The molecule has 0 radical (unpaired) electrons. The molecule has 0 saturated heterocycles. The van der Waals surface area contributed by atoms with Crippen molar-refractivity contribution < 1.29 is 9.53 Å². The van der Waals surface area contributed by atoms with Crippen molar-refractivity contribution >= 4 is 5.97 Å². The first-order valence-corrected chi connectivity index (χ1v) is 4.94. The summed E-state index contributed by atoms with van der Waals surface area (Å²) in [7, 11) is 0. The van der Waals surface area contributed by atoms with E-state index in [-0.39, 0.29) is 5.97 Å². The topological polar surface area (TPSA) is 42.1 Å². The van der Waals surface area contributed by atoms with E-state index in [1.165, 1.54) is 11.1 Å². The average Bonchev–Trinajstić information content (AvgIpc) is 2.46. The molecule has 3 nitrogen and oxygen atoms in total. The quantitative estimate of drug-likeness (QED) is 0.748. The lowest BCUT2D eigenvalue weighted by Crippen LogP contribution is -2.05. The van der Waals surface area contributed by atoms with E-state index in [4.69, 9.17) is 4.74 Å². The fourth-order valence-corrected chi connectivity index (χ4v) is 1.37. The maximum absolute atomic E-state index is 11.1. The minimum Gasteiger partial charge on any atom is -0.466 e. The van der Waals surface area contributed by atoms with Gasteiger partial charge in [0.2, 0.25) is 0 Å². The van der Waals surface area contributed by atoms with Crippen molar-refractivity contribution in [1.82, 2.24) is 4.98 Å². The Hall–Kier alpha value is -1.25. The molecule has 1 heterocycles. The number of aromatic nitrogens is 1. The number of nitrogens with one attached hydrogen (secondary N) is 1. The predicted octanol–water partition coefficient (Wildman–Crippen LogP) is 2.13. The van der Waals surface area contributed by atoms with Crippen molar-refractivity contribution in [3.05, 3.63) is 23.0 Å². The summed E-state index contributed by atoms with van der Waals surface area (Å²) in [6, 6.07) is 0. The summed E-state index contributed by atoms with van der Waals surface area (Å²) in [4.78, 5) is 14.3. The first-order valence-electron chi connectivity index (χ1n) is 4.94. The minimum absolute atomic E-state index is 0.126. The molecule has 14 heavy (non-hydrogen) atoms. The second-order valence-electron chi connectivity index (χ2n) is 3.38. The number of carbonyl (C=O) groups excluding carboxylic acids is 1. The van der Waals surface area contributed by atoms with Crippen molar-refractivity contribution in [1.29, 1.82) is 0 Å². The highest BCUT2D eigenvalue weighted by atomic mass is 16.5. The van der Waals surface area contributed by atoms with Gasteiger partial charge in [0.15, 0.2) is 0 Å². The van der Waals surface area contributed by atoms with Crippen molar-refractivity contribution in [3.63, 3.8) is 0 Å². The van der Waals surface area contributed by atoms with Crippen LogP contribution in [-0.2, 0) is 16.0 Å². The molecule has 0 saturated carbocycles. The van der Waals surface area contributed by atoms with Crippen LogP contribution in [0.25, 0.3) is 0 Å². The van der Waals surface area contributed by atoms with Crippen molar-refractivity contribution in [3.8, 4) is 0 Å². The molecule has 0 amide bonds. The van der Waals surface area contributed by atoms with Gasteiger partial charge >= 0.3 is 5.97 Å². The molecule has 0 atom stereocenters. The van der Waals surface area contributed by atoms with E-state index in [1.54, 1.807) is 0 Å². The van der Waals surface area contributed by atoms with E-state index in [9.17, 15) is 4.79 Å². The molecular weight excluding hydrogens is 178 g/mol. The summed E-state index contributed by atoms with van der Waals surface area (Å²) >= 11 is 0. The number of hydrogen-bond acceptors (Lipinski definition) is 2. The number of aryl methyl sites for hydroxylation is 2. The molecule has 0 aliphatic heterocycles. The highest BCUT2D eigenvalue weighted by Crippen LogP contribution is 2.13. The molecule has 0 spiro atoms. The molecule has 0 aliphatic carbocycles. The van der Waals surface area contributed by atoms with E-state index < -0.39 is 0 Å². The van der Waals surface area contributed by atoms with Gasteiger partial charge in [0.05, 0.1) is 13.0 Å². The summed E-state index contributed by atoms with van der Waals surface area (Å²) in [5.74, 6) is -0.126. The van der Waals surface area contributed by atoms with Gasteiger partial charge in [-0.3, -0.25) is 4.79 Å². The van der Waals surface area contributed by atoms with Gasteiger partial charge in [0.1, 0.15) is 0 Å². The van der Waals surface area contributed by atoms with Gasteiger partial charge in [-0.1, -0.05) is 0 Å². The number of H-pyrrole nitrogens is 1. The molecule has 0 aliphatic rings. The van der Waals surface area contributed by atoms with E-state index in [2.05, 4.69) is 18.8 Å². The molecule has 1 aromatic heterocycles. The van der Waals surface area contributed by atoms with Crippen LogP contribution in [0.1, 0.15) is 30.2 Å². The maximum atomic E-state index is 11.1. The lowest BCUT2D eigenvalue weighted by molar-refractivity contribution is -0.143. The number of hydrogen-bond donors (Lipinski definition) is 1. The number of carbonyl (C=O) groups is 1. The van der Waals surface area contributed by atoms with E-state index in [1.807, 2.05) is 13.1 Å². The van der Waals surface area contributed by atoms with Crippen LogP contribution in [-0.4, -0.2) is 17.6 Å². The van der Waals surface area contributed by atoms with E-state index in [0.29, 0.717) is 13.0 Å². The summed E-state index contributed by atoms with van der Waals surface area (Å²) in [6.45, 7) is 6.40. The number of ether oxygens (including phenoxy) is 1. The third-order valence-electron chi connectivity index (χ3n) is 2.39. The Kier molecular flexibility index (Phi) is 3.74. The van der Waals surface area contributed by atoms with E-state index >= 15 is 0 Å². The second-order valence-corrected chi connectivity index (χ2v) is 3.38. The Morgan fingerprint density at radius 2 is 2.21 bits per heavy atom. The van der Waals surface area contributed by atoms with Crippen LogP contribution in [0.3, 0.4) is 0 Å². The van der Waals surface area contributed by atoms with Gasteiger partial charge in [-0.25, -0.2) is 0 Å². The maximum Gasteiger partial charge on any atom is 0.306 e. The van der Waals surface area contributed by atoms with Gasteiger partial charge in [0, 0.05) is 11.9 Å². The Bertz CT molecular complexity index is 315. The van der Waals surface area contributed by atoms with Crippen molar-refractivity contribution in [2.45, 2.75) is 33.6 Å². The summed E-state index contributed by atoms with van der Waals surface area (Å²) in [5, 5.41) is 0. The lowest BCUT2D eigenvalue weighted by atomic mass is 10.1. The van der Waals surface area contributed by atoms with Gasteiger partial charge in [-0.2, -0.15) is 0 Å². The molecule has 78 valence electrons. The molecule has 1 N–H and O–H groups in total. The van der Waals surface area contributed by atoms with Gasteiger partial charge in [0.25, 0.3) is 0 Å². The van der Waals surface area contributed by atoms with Gasteiger partial charge in [-0.15, -0.1) is 0 Å². The minimum atomic E-state index is -0.126. The molecule has 1 aromatic rings. The van der Waals surface area contributed by atoms with Crippen LogP contribution in [0.4, 0.5) is 0 Å². The second kappa shape index (κ2) is 4.84.